The van der Waals surface area contributed by atoms with Crippen molar-refractivity contribution in [3.05, 3.63) is 29.6 Å². The molecule has 7 heteroatoms. The number of halogens is 1. The van der Waals surface area contributed by atoms with Gasteiger partial charge in [0, 0.05) is 38.9 Å². The van der Waals surface area contributed by atoms with Crippen LogP contribution in [-0.2, 0) is 14.8 Å². The topological polar surface area (TPSA) is 49.9 Å². The number of rotatable bonds is 5. The Labute approximate surface area is 131 Å². The van der Waals surface area contributed by atoms with E-state index in [0.29, 0.717) is 6.54 Å². The monoisotopic (exact) mass is 330 g/mol. The summed E-state index contributed by atoms with van der Waals surface area (Å²) in [5.74, 6) is -0.507. The van der Waals surface area contributed by atoms with Gasteiger partial charge in [-0.1, -0.05) is 6.07 Å². The molecule has 124 valence electrons. The number of benzene rings is 1. The predicted octanol–water partition coefficient (Wildman–Crippen LogP) is 1.47. The molecular weight excluding hydrogens is 307 g/mol. The Kier molecular flexibility index (Phi) is 5.21. The Bertz CT molecular complexity index is 636. The number of methoxy groups -OCH3 is 1. The Morgan fingerprint density at radius 1 is 1.45 bits per heavy atom. The van der Waals surface area contributed by atoms with Gasteiger partial charge in [-0.25, -0.2) is 12.8 Å². The molecule has 1 heterocycles. The highest BCUT2D eigenvalue weighted by Gasteiger charge is 2.33. The van der Waals surface area contributed by atoms with Crippen molar-refractivity contribution in [2.75, 3.05) is 34.3 Å². The summed E-state index contributed by atoms with van der Waals surface area (Å²) < 4.78 is 45.6. The Morgan fingerprint density at radius 2 is 2.14 bits per heavy atom. The highest BCUT2D eigenvalue weighted by molar-refractivity contribution is 7.89. The van der Waals surface area contributed by atoms with Crippen LogP contribution in [-0.4, -0.2) is 64.1 Å². The normalized spacial score (nSPS) is 23.4. The second-order valence-corrected chi connectivity index (χ2v) is 7.85. The summed E-state index contributed by atoms with van der Waals surface area (Å²) in [5, 5.41) is 0. The molecule has 1 saturated heterocycles. The fraction of sp³-hybridized carbons (Fsp3) is 0.600. The van der Waals surface area contributed by atoms with Crippen LogP contribution >= 0.6 is 0 Å². The molecule has 1 aromatic carbocycles. The van der Waals surface area contributed by atoms with Crippen LogP contribution in [0.2, 0.25) is 0 Å². The molecule has 1 aliphatic rings. The standard InChI is InChI=1S/C15H23FN2O3S/c1-11-14(16)6-5-7-15(11)22(19,20)18(3)9-12-8-13(21-4)10-17(12)2/h5-7,12-13H,8-10H2,1-4H3/t12-,13-/m0/s1. The van der Waals surface area contributed by atoms with E-state index in [1.54, 1.807) is 7.11 Å². The maximum absolute atomic E-state index is 13.6. The van der Waals surface area contributed by atoms with E-state index in [9.17, 15) is 12.8 Å². The maximum atomic E-state index is 13.6. The van der Waals surface area contributed by atoms with Crippen LogP contribution in [0.3, 0.4) is 0 Å². The Morgan fingerprint density at radius 3 is 2.73 bits per heavy atom. The van der Waals surface area contributed by atoms with Gasteiger partial charge in [-0.2, -0.15) is 4.31 Å². The molecule has 0 saturated carbocycles. The second kappa shape index (κ2) is 6.62. The first kappa shape index (κ1) is 17.3. The van der Waals surface area contributed by atoms with E-state index >= 15 is 0 Å². The molecule has 0 amide bonds. The summed E-state index contributed by atoms with van der Waals surface area (Å²) >= 11 is 0. The van der Waals surface area contributed by atoms with Gasteiger partial charge in [-0.15, -0.1) is 0 Å². The van der Waals surface area contributed by atoms with Crippen molar-refractivity contribution in [1.82, 2.24) is 9.21 Å². The van der Waals surface area contributed by atoms with Gasteiger partial charge >= 0.3 is 0 Å². The molecule has 1 aromatic rings. The van der Waals surface area contributed by atoms with Crippen LogP contribution in [0.5, 0.6) is 0 Å². The first-order valence-electron chi connectivity index (χ1n) is 7.22. The second-order valence-electron chi connectivity index (χ2n) is 5.84. The van der Waals surface area contributed by atoms with Gasteiger partial charge < -0.3 is 4.74 Å². The van der Waals surface area contributed by atoms with Gasteiger partial charge in [0.2, 0.25) is 10.0 Å². The van der Waals surface area contributed by atoms with Crippen molar-refractivity contribution in [3.63, 3.8) is 0 Å². The molecule has 1 aliphatic heterocycles. The van der Waals surface area contributed by atoms with E-state index in [1.165, 1.54) is 36.5 Å². The summed E-state index contributed by atoms with van der Waals surface area (Å²) in [6.07, 6.45) is 0.914. The van der Waals surface area contributed by atoms with E-state index in [4.69, 9.17) is 4.74 Å². The number of likely N-dealkylation sites (tertiary alicyclic amines) is 1. The minimum absolute atomic E-state index is 0.0268. The van der Waals surface area contributed by atoms with Gasteiger partial charge in [0.05, 0.1) is 11.0 Å². The molecule has 2 rings (SSSR count). The van der Waals surface area contributed by atoms with Crippen molar-refractivity contribution in [2.45, 2.75) is 30.4 Å². The fourth-order valence-corrected chi connectivity index (χ4v) is 4.28. The fourth-order valence-electron chi connectivity index (χ4n) is 2.84. The number of nitrogens with zero attached hydrogens (tertiary/aromatic N) is 2. The van der Waals surface area contributed by atoms with Crippen LogP contribution in [0, 0.1) is 12.7 Å². The van der Waals surface area contributed by atoms with Gasteiger partial charge in [-0.05, 0) is 32.5 Å². The minimum Gasteiger partial charge on any atom is -0.380 e. The molecule has 0 bridgehead atoms. The van der Waals surface area contributed by atoms with Gasteiger partial charge in [0.1, 0.15) is 5.82 Å². The van der Waals surface area contributed by atoms with E-state index in [2.05, 4.69) is 4.90 Å². The van der Waals surface area contributed by atoms with Crippen LogP contribution < -0.4 is 0 Å². The zero-order chi connectivity index (χ0) is 16.5. The van der Waals surface area contributed by atoms with E-state index < -0.39 is 15.8 Å². The number of likely N-dealkylation sites (N-methyl/N-ethyl adjacent to an activating group) is 2. The molecule has 0 N–H and O–H groups in total. The molecule has 22 heavy (non-hydrogen) atoms. The van der Waals surface area contributed by atoms with Gasteiger partial charge in [0.25, 0.3) is 0 Å². The molecule has 0 radical (unpaired) electrons. The number of sulfonamides is 1. The third-order valence-electron chi connectivity index (χ3n) is 4.36. The molecule has 5 nitrogen and oxygen atoms in total. The minimum atomic E-state index is -3.70. The van der Waals surface area contributed by atoms with Crippen molar-refractivity contribution in [2.24, 2.45) is 0 Å². The lowest BCUT2D eigenvalue weighted by Crippen LogP contribution is -2.39. The first-order chi connectivity index (χ1) is 10.3. The molecule has 0 aliphatic carbocycles. The third-order valence-corrected chi connectivity index (χ3v) is 6.33. The van der Waals surface area contributed by atoms with Gasteiger partial charge in [-0.3, -0.25) is 4.90 Å². The maximum Gasteiger partial charge on any atom is 0.243 e. The van der Waals surface area contributed by atoms with Crippen LogP contribution in [0.15, 0.2) is 23.1 Å². The predicted molar refractivity (Wildman–Crippen MR) is 82.8 cm³/mol. The lowest BCUT2D eigenvalue weighted by molar-refractivity contribution is 0.111. The molecule has 0 unspecified atom stereocenters. The quantitative estimate of drug-likeness (QED) is 0.820. The smallest absolute Gasteiger partial charge is 0.243 e. The van der Waals surface area contributed by atoms with Crippen molar-refractivity contribution in [3.8, 4) is 0 Å². The van der Waals surface area contributed by atoms with Crippen LogP contribution in [0.1, 0.15) is 12.0 Å². The number of ether oxygens (including phenoxy) is 1. The Balaban J connectivity index is 2.18. The average Bonchev–Trinajstić information content (AvgIpc) is 2.82. The summed E-state index contributed by atoms with van der Waals surface area (Å²) in [6, 6.07) is 4.23. The Hall–Kier alpha value is -1.02. The SMILES string of the molecule is CO[C@H]1C[C@@H](CN(C)S(=O)(=O)c2cccc(F)c2C)N(C)C1. The average molecular weight is 330 g/mol. The van der Waals surface area contributed by atoms with Crippen molar-refractivity contribution in [1.29, 1.82) is 0 Å². The lowest BCUT2D eigenvalue weighted by Gasteiger charge is -2.25. The zero-order valence-electron chi connectivity index (χ0n) is 13.4. The van der Waals surface area contributed by atoms with E-state index in [0.717, 1.165) is 13.0 Å². The summed E-state index contributed by atoms with van der Waals surface area (Å²) in [6.45, 7) is 2.63. The zero-order valence-corrected chi connectivity index (χ0v) is 14.2. The molecule has 1 fully saturated rings. The summed E-state index contributed by atoms with van der Waals surface area (Å²) in [7, 11) is 1.45. The lowest BCUT2D eigenvalue weighted by atomic mass is 10.2. The third kappa shape index (κ3) is 3.32. The van der Waals surface area contributed by atoms with Crippen LogP contribution in [0.4, 0.5) is 4.39 Å². The van der Waals surface area contributed by atoms with Crippen molar-refractivity contribution >= 4 is 10.0 Å². The highest BCUT2D eigenvalue weighted by Crippen LogP contribution is 2.24. The highest BCUT2D eigenvalue weighted by atomic mass is 32.2. The summed E-state index contributed by atoms with van der Waals surface area (Å²) in [4.78, 5) is 2.12. The van der Waals surface area contributed by atoms with E-state index in [1.807, 2.05) is 7.05 Å². The van der Waals surface area contributed by atoms with Crippen LogP contribution in [0.25, 0.3) is 0 Å². The number of hydrogen-bond acceptors (Lipinski definition) is 4. The van der Waals surface area contributed by atoms with Gasteiger partial charge in [0.15, 0.2) is 0 Å². The molecular formula is C15H23FN2O3S. The van der Waals surface area contributed by atoms with Crippen molar-refractivity contribution < 1.29 is 17.5 Å². The number of hydrogen-bond donors (Lipinski definition) is 0. The largest absolute Gasteiger partial charge is 0.380 e. The molecule has 2 atom stereocenters. The molecule has 0 spiro atoms. The summed E-state index contributed by atoms with van der Waals surface area (Å²) in [5.41, 5.74) is 0.156. The first-order valence-corrected chi connectivity index (χ1v) is 8.66. The van der Waals surface area contributed by atoms with E-state index in [-0.39, 0.29) is 22.6 Å². The molecule has 0 aromatic heterocycles.